The summed E-state index contributed by atoms with van der Waals surface area (Å²) in [6.45, 7) is 2.41. The molecule has 1 amide bonds. The molecule has 4 nitrogen and oxygen atoms in total. The second-order valence-corrected chi connectivity index (χ2v) is 4.60. The van der Waals surface area contributed by atoms with Gasteiger partial charge in [0.05, 0.1) is 12.2 Å². The fourth-order valence-electron chi connectivity index (χ4n) is 1.54. The molecule has 2 heterocycles. The zero-order valence-corrected chi connectivity index (χ0v) is 9.18. The number of ether oxygens (including phenoxy) is 1. The van der Waals surface area contributed by atoms with Crippen LogP contribution in [0.1, 0.15) is 21.7 Å². The molecule has 1 fully saturated rings. The molecule has 0 bridgehead atoms. The van der Waals surface area contributed by atoms with E-state index in [2.05, 4.69) is 5.32 Å². The first-order chi connectivity index (χ1) is 7.25. The zero-order valence-electron chi connectivity index (χ0n) is 8.36. The summed E-state index contributed by atoms with van der Waals surface area (Å²) in [5.74, 6) is -0.360. The molecule has 1 aromatic rings. The van der Waals surface area contributed by atoms with Gasteiger partial charge in [-0.15, -0.1) is 11.3 Å². The topological polar surface area (TPSA) is 64.4 Å². The molecule has 1 unspecified atom stereocenters. The van der Waals surface area contributed by atoms with Gasteiger partial charge in [0.1, 0.15) is 0 Å². The van der Waals surface area contributed by atoms with Crippen LogP contribution >= 0.6 is 11.3 Å². The molecule has 1 atom stereocenters. The van der Waals surface area contributed by atoms with Crippen molar-refractivity contribution in [2.24, 2.45) is 5.73 Å². The molecule has 0 aromatic carbocycles. The van der Waals surface area contributed by atoms with Crippen molar-refractivity contribution in [3.05, 3.63) is 21.9 Å². The number of hydrogen-bond acceptors (Lipinski definition) is 4. The minimum Gasteiger partial charge on any atom is -0.380 e. The van der Waals surface area contributed by atoms with Crippen molar-refractivity contribution < 1.29 is 9.53 Å². The smallest absolute Gasteiger partial charge is 0.249 e. The maximum absolute atomic E-state index is 10.9. The van der Waals surface area contributed by atoms with Gasteiger partial charge in [0.25, 0.3) is 0 Å². The Kier molecular flexibility index (Phi) is 3.35. The van der Waals surface area contributed by atoms with Gasteiger partial charge in [-0.2, -0.15) is 0 Å². The number of carbonyl (C=O) groups excluding carboxylic acids is 1. The molecule has 0 radical (unpaired) electrons. The molecule has 3 N–H and O–H groups in total. The van der Waals surface area contributed by atoms with Crippen LogP contribution < -0.4 is 11.1 Å². The molecule has 82 valence electrons. The summed E-state index contributed by atoms with van der Waals surface area (Å²) in [7, 11) is 0. The average molecular weight is 226 g/mol. The van der Waals surface area contributed by atoms with Gasteiger partial charge >= 0.3 is 0 Å². The molecule has 1 saturated heterocycles. The van der Waals surface area contributed by atoms with Crippen LogP contribution in [0.4, 0.5) is 0 Å². The lowest BCUT2D eigenvalue weighted by Crippen LogP contribution is -2.28. The van der Waals surface area contributed by atoms with Crippen molar-refractivity contribution >= 4 is 17.2 Å². The van der Waals surface area contributed by atoms with Crippen LogP contribution in [0.15, 0.2) is 11.4 Å². The molecule has 0 spiro atoms. The second-order valence-electron chi connectivity index (χ2n) is 3.61. The third kappa shape index (κ3) is 2.77. The van der Waals surface area contributed by atoms with E-state index in [1.807, 2.05) is 6.07 Å². The fraction of sp³-hybridized carbons (Fsp3) is 0.500. The number of amides is 1. The summed E-state index contributed by atoms with van der Waals surface area (Å²) in [5.41, 5.74) is 5.77. The summed E-state index contributed by atoms with van der Waals surface area (Å²) < 4.78 is 5.26. The van der Waals surface area contributed by atoms with Gasteiger partial charge < -0.3 is 15.8 Å². The molecule has 5 heteroatoms. The van der Waals surface area contributed by atoms with E-state index in [1.54, 1.807) is 16.7 Å². The second kappa shape index (κ2) is 4.74. The monoisotopic (exact) mass is 226 g/mol. The Hall–Kier alpha value is -0.910. The number of thiophene rings is 1. The predicted molar refractivity (Wildman–Crippen MR) is 58.9 cm³/mol. The minimum atomic E-state index is -0.360. The number of nitrogens with one attached hydrogen (secondary N) is 1. The van der Waals surface area contributed by atoms with Crippen LogP contribution in [-0.4, -0.2) is 25.2 Å². The quantitative estimate of drug-likeness (QED) is 0.795. The minimum absolute atomic E-state index is 0.360. The van der Waals surface area contributed by atoms with E-state index >= 15 is 0 Å². The lowest BCUT2D eigenvalue weighted by atomic mass is 10.2. The number of primary amides is 1. The highest BCUT2D eigenvalue weighted by molar-refractivity contribution is 7.10. The number of hydrogen-bond donors (Lipinski definition) is 2. The van der Waals surface area contributed by atoms with Gasteiger partial charge in [-0.05, 0) is 12.5 Å². The zero-order chi connectivity index (χ0) is 10.7. The maximum Gasteiger partial charge on any atom is 0.249 e. The summed E-state index contributed by atoms with van der Waals surface area (Å²) in [6, 6.07) is 2.29. The third-order valence-corrected chi connectivity index (χ3v) is 3.37. The molecule has 0 aliphatic carbocycles. The summed E-state index contributed by atoms with van der Waals surface area (Å²) in [4.78, 5) is 12.0. The van der Waals surface area contributed by atoms with Gasteiger partial charge in [0.2, 0.25) is 5.91 Å². The number of nitrogens with two attached hydrogens (primary N) is 1. The summed E-state index contributed by atoms with van der Waals surface area (Å²) in [6.07, 6.45) is 1.06. The van der Waals surface area contributed by atoms with Gasteiger partial charge in [-0.25, -0.2) is 0 Å². The Bertz CT molecular complexity index is 345. The van der Waals surface area contributed by atoms with Crippen LogP contribution in [0.5, 0.6) is 0 Å². The van der Waals surface area contributed by atoms with Crippen LogP contribution in [0, 0.1) is 0 Å². The van der Waals surface area contributed by atoms with Gasteiger partial charge in [-0.1, -0.05) is 0 Å². The molecule has 1 aromatic heterocycles. The van der Waals surface area contributed by atoms with Crippen molar-refractivity contribution in [3.63, 3.8) is 0 Å². The molecule has 15 heavy (non-hydrogen) atoms. The van der Waals surface area contributed by atoms with Crippen LogP contribution in [0.2, 0.25) is 0 Å². The maximum atomic E-state index is 10.9. The highest BCUT2D eigenvalue weighted by atomic mass is 32.1. The van der Waals surface area contributed by atoms with E-state index < -0.39 is 0 Å². The third-order valence-electron chi connectivity index (χ3n) is 2.43. The highest BCUT2D eigenvalue weighted by Gasteiger charge is 2.14. The highest BCUT2D eigenvalue weighted by Crippen LogP contribution is 2.14. The van der Waals surface area contributed by atoms with Crippen LogP contribution in [0.3, 0.4) is 0 Å². The lowest BCUT2D eigenvalue weighted by molar-refractivity contribution is 0.100. The van der Waals surface area contributed by atoms with Crippen LogP contribution in [0.25, 0.3) is 0 Å². The Morgan fingerprint density at radius 2 is 2.60 bits per heavy atom. The Labute approximate surface area is 92.4 Å². The van der Waals surface area contributed by atoms with E-state index in [0.717, 1.165) is 31.1 Å². The van der Waals surface area contributed by atoms with Crippen molar-refractivity contribution in [1.82, 2.24) is 5.32 Å². The molecule has 1 aliphatic rings. The average Bonchev–Trinajstić information content (AvgIpc) is 2.86. The van der Waals surface area contributed by atoms with Crippen molar-refractivity contribution in [1.29, 1.82) is 0 Å². The first-order valence-corrected chi connectivity index (χ1v) is 5.82. The Morgan fingerprint density at radius 1 is 1.73 bits per heavy atom. The van der Waals surface area contributed by atoms with E-state index in [-0.39, 0.29) is 5.91 Å². The largest absolute Gasteiger partial charge is 0.380 e. The first-order valence-electron chi connectivity index (χ1n) is 4.94. The molecule has 0 saturated carbocycles. The van der Waals surface area contributed by atoms with Gasteiger partial charge in [-0.3, -0.25) is 4.79 Å². The standard InChI is InChI=1S/C10H14N2O2S/c11-10(13)7-3-9(15-6-7)4-12-8-1-2-14-5-8/h3,6,8,12H,1-2,4-5H2,(H2,11,13). The molecule has 2 rings (SSSR count). The van der Waals surface area contributed by atoms with E-state index in [4.69, 9.17) is 10.5 Å². The SMILES string of the molecule is NC(=O)c1csc(CNC2CCOC2)c1. The van der Waals surface area contributed by atoms with Crippen LogP contribution in [-0.2, 0) is 11.3 Å². The predicted octanol–water partition coefficient (Wildman–Crippen LogP) is 0.725. The van der Waals surface area contributed by atoms with E-state index in [0.29, 0.717) is 11.6 Å². The van der Waals surface area contributed by atoms with Crippen molar-refractivity contribution in [3.8, 4) is 0 Å². The lowest BCUT2D eigenvalue weighted by Gasteiger charge is -2.08. The van der Waals surface area contributed by atoms with E-state index in [9.17, 15) is 4.79 Å². The molecule has 1 aliphatic heterocycles. The normalized spacial score (nSPS) is 20.7. The van der Waals surface area contributed by atoms with Gasteiger partial charge in [0.15, 0.2) is 0 Å². The fourth-order valence-corrected chi connectivity index (χ4v) is 2.37. The van der Waals surface area contributed by atoms with Gasteiger partial charge in [0, 0.05) is 29.5 Å². The summed E-state index contributed by atoms with van der Waals surface area (Å²) >= 11 is 1.56. The first kappa shape index (κ1) is 10.6. The number of rotatable bonds is 4. The molecular weight excluding hydrogens is 212 g/mol. The summed E-state index contributed by atoms with van der Waals surface area (Å²) in [5, 5.41) is 5.18. The van der Waals surface area contributed by atoms with Crippen molar-refractivity contribution in [2.75, 3.05) is 13.2 Å². The Balaban J connectivity index is 1.84. The van der Waals surface area contributed by atoms with Crippen molar-refractivity contribution in [2.45, 2.75) is 19.0 Å². The number of carbonyl (C=O) groups is 1. The van der Waals surface area contributed by atoms with E-state index in [1.165, 1.54) is 0 Å². The molecular formula is C10H14N2O2S. The Morgan fingerprint density at radius 3 is 3.20 bits per heavy atom.